The first-order valence-electron chi connectivity index (χ1n) is 9.29. The van der Waals surface area contributed by atoms with Crippen LogP contribution in [0.3, 0.4) is 0 Å². The molecule has 2 fully saturated rings. The Morgan fingerprint density at radius 3 is 2.56 bits per heavy atom. The Bertz CT molecular complexity index is 587. The molecule has 0 spiro atoms. The fraction of sp³-hybridized carbons (Fsp3) is 0.650. The van der Waals surface area contributed by atoms with Gasteiger partial charge >= 0.3 is 0 Å². The van der Waals surface area contributed by atoms with Crippen molar-refractivity contribution in [1.82, 2.24) is 4.90 Å². The number of hydrogen-bond donors (Lipinski definition) is 0. The second kappa shape index (κ2) is 8.19. The van der Waals surface area contributed by atoms with E-state index in [4.69, 9.17) is 14.2 Å². The summed E-state index contributed by atoms with van der Waals surface area (Å²) in [6.07, 6.45) is 1.78. The lowest BCUT2D eigenvalue weighted by molar-refractivity contribution is -0.138. The molecule has 5 nitrogen and oxygen atoms in total. The van der Waals surface area contributed by atoms with Crippen molar-refractivity contribution in [3.8, 4) is 5.75 Å². The Morgan fingerprint density at radius 2 is 1.92 bits per heavy atom. The average molecular weight is 347 g/mol. The number of piperidine rings is 1. The maximum Gasteiger partial charge on any atom is 0.260 e. The number of carbonyl (C=O) groups excluding carboxylic acids is 1. The number of benzene rings is 1. The summed E-state index contributed by atoms with van der Waals surface area (Å²) in [5.41, 5.74) is 2.29. The van der Waals surface area contributed by atoms with E-state index in [1.807, 2.05) is 17.9 Å². The van der Waals surface area contributed by atoms with E-state index in [1.54, 1.807) is 0 Å². The number of amides is 1. The highest BCUT2D eigenvalue weighted by Gasteiger charge is 2.31. The van der Waals surface area contributed by atoms with Crippen molar-refractivity contribution in [1.29, 1.82) is 0 Å². The Morgan fingerprint density at radius 1 is 1.24 bits per heavy atom. The Balaban J connectivity index is 1.51. The third kappa shape index (κ3) is 4.53. The second-order valence-corrected chi connectivity index (χ2v) is 7.31. The van der Waals surface area contributed by atoms with Crippen LogP contribution in [-0.2, 0) is 14.3 Å². The van der Waals surface area contributed by atoms with Crippen molar-refractivity contribution in [2.24, 2.45) is 5.92 Å². The van der Waals surface area contributed by atoms with Crippen molar-refractivity contribution in [3.63, 3.8) is 0 Å². The van der Waals surface area contributed by atoms with Gasteiger partial charge in [0.1, 0.15) is 5.75 Å². The molecule has 0 bridgehead atoms. The van der Waals surface area contributed by atoms with Crippen LogP contribution in [0.2, 0.25) is 0 Å². The van der Waals surface area contributed by atoms with Gasteiger partial charge in [-0.25, -0.2) is 0 Å². The number of ether oxygens (including phenoxy) is 3. The van der Waals surface area contributed by atoms with E-state index in [0.29, 0.717) is 25.0 Å². The van der Waals surface area contributed by atoms with E-state index < -0.39 is 0 Å². The van der Waals surface area contributed by atoms with Gasteiger partial charge in [0.05, 0.1) is 13.2 Å². The molecule has 0 aliphatic carbocycles. The summed E-state index contributed by atoms with van der Waals surface area (Å²) >= 11 is 0. The molecule has 1 aromatic rings. The van der Waals surface area contributed by atoms with Gasteiger partial charge in [0.2, 0.25) is 0 Å². The molecule has 1 aromatic carbocycles. The van der Waals surface area contributed by atoms with Gasteiger partial charge in [-0.1, -0.05) is 26.0 Å². The number of nitrogens with zero attached hydrogens (tertiary/aromatic N) is 1. The molecular formula is C20H29NO4. The Kier molecular flexibility index (Phi) is 5.97. The average Bonchev–Trinajstić information content (AvgIpc) is 3.14. The van der Waals surface area contributed by atoms with Gasteiger partial charge in [-0.05, 0) is 42.9 Å². The van der Waals surface area contributed by atoms with E-state index in [2.05, 4.69) is 26.0 Å². The molecule has 3 rings (SSSR count). The first kappa shape index (κ1) is 18.2. The van der Waals surface area contributed by atoms with Crippen molar-refractivity contribution in [2.45, 2.75) is 45.8 Å². The van der Waals surface area contributed by atoms with Crippen molar-refractivity contribution in [3.05, 3.63) is 29.3 Å². The SMILES string of the molecule is Cc1ccc(C(C)C)c(OCC(=O)N2CCC(C3OCCO3)CC2)c1. The van der Waals surface area contributed by atoms with Crippen LogP contribution in [0.4, 0.5) is 0 Å². The standard InChI is InChI=1S/C20H29NO4/c1-14(2)17-5-4-15(3)12-18(17)25-13-19(22)21-8-6-16(7-9-21)20-23-10-11-24-20/h4-5,12,14,16,20H,6-11,13H2,1-3H3. The van der Waals surface area contributed by atoms with Crippen LogP contribution in [0, 0.1) is 12.8 Å². The van der Waals surface area contributed by atoms with Crippen LogP contribution in [0.1, 0.15) is 43.7 Å². The molecule has 2 heterocycles. The molecule has 25 heavy (non-hydrogen) atoms. The zero-order valence-corrected chi connectivity index (χ0v) is 15.5. The lowest BCUT2D eigenvalue weighted by Crippen LogP contribution is -2.43. The lowest BCUT2D eigenvalue weighted by Gasteiger charge is -2.33. The van der Waals surface area contributed by atoms with Crippen LogP contribution in [0.25, 0.3) is 0 Å². The summed E-state index contributed by atoms with van der Waals surface area (Å²) in [4.78, 5) is 14.4. The Labute approximate surface area is 150 Å². The number of likely N-dealkylation sites (tertiary alicyclic amines) is 1. The number of carbonyl (C=O) groups is 1. The van der Waals surface area contributed by atoms with E-state index >= 15 is 0 Å². The van der Waals surface area contributed by atoms with Gasteiger partial charge in [0.25, 0.3) is 5.91 Å². The third-order valence-corrected chi connectivity index (χ3v) is 5.07. The molecule has 0 radical (unpaired) electrons. The number of aryl methyl sites for hydroxylation is 1. The van der Waals surface area contributed by atoms with Crippen molar-refractivity contribution < 1.29 is 19.0 Å². The third-order valence-electron chi connectivity index (χ3n) is 5.07. The summed E-state index contributed by atoms with van der Waals surface area (Å²) in [7, 11) is 0. The van der Waals surface area contributed by atoms with E-state index in [9.17, 15) is 4.79 Å². The molecule has 0 saturated carbocycles. The smallest absolute Gasteiger partial charge is 0.260 e. The molecule has 2 aliphatic rings. The summed E-state index contributed by atoms with van der Waals surface area (Å²) in [5, 5.41) is 0. The fourth-order valence-electron chi connectivity index (χ4n) is 3.54. The summed E-state index contributed by atoms with van der Waals surface area (Å²) in [6, 6.07) is 6.19. The minimum atomic E-state index is -0.0746. The van der Waals surface area contributed by atoms with E-state index in [0.717, 1.165) is 42.8 Å². The predicted molar refractivity (Wildman–Crippen MR) is 95.8 cm³/mol. The normalized spacial score (nSPS) is 19.6. The monoisotopic (exact) mass is 347 g/mol. The van der Waals surface area contributed by atoms with E-state index in [-0.39, 0.29) is 18.8 Å². The highest BCUT2D eigenvalue weighted by molar-refractivity contribution is 5.77. The van der Waals surface area contributed by atoms with Gasteiger partial charge in [0.15, 0.2) is 12.9 Å². The zero-order chi connectivity index (χ0) is 17.8. The molecule has 1 amide bonds. The van der Waals surface area contributed by atoms with Crippen LogP contribution in [0.15, 0.2) is 18.2 Å². The van der Waals surface area contributed by atoms with Crippen LogP contribution in [-0.4, -0.2) is 50.0 Å². The summed E-state index contributed by atoms with van der Waals surface area (Å²) in [5.74, 6) is 1.65. The quantitative estimate of drug-likeness (QED) is 0.821. The van der Waals surface area contributed by atoms with Crippen LogP contribution >= 0.6 is 0 Å². The molecule has 0 atom stereocenters. The van der Waals surface area contributed by atoms with Crippen molar-refractivity contribution in [2.75, 3.05) is 32.9 Å². The first-order chi connectivity index (χ1) is 12.0. The second-order valence-electron chi connectivity index (χ2n) is 7.31. The lowest BCUT2D eigenvalue weighted by atomic mass is 9.96. The molecule has 2 saturated heterocycles. The van der Waals surface area contributed by atoms with Gasteiger partial charge in [-0.2, -0.15) is 0 Å². The predicted octanol–water partition coefficient (Wildman–Crippen LogP) is 3.11. The van der Waals surface area contributed by atoms with Gasteiger partial charge < -0.3 is 19.1 Å². The van der Waals surface area contributed by atoms with Gasteiger partial charge in [-0.15, -0.1) is 0 Å². The zero-order valence-electron chi connectivity index (χ0n) is 15.5. The summed E-state index contributed by atoms with van der Waals surface area (Å²) in [6.45, 7) is 9.29. The highest BCUT2D eigenvalue weighted by atomic mass is 16.7. The molecule has 0 unspecified atom stereocenters. The maximum atomic E-state index is 12.5. The molecule has 138 valence electrons. The number of rotatable bonds is 5. The maximum absolute atomic E-state index is 12.5. The molecule has 0 N–H and O–H groups in total. The molecule has 2 aliphatic heterocycles. The summed E-state index contributed by atoms with van der Waals surface area (Å²) < 4.78 is 17.1. The topological polar surface area (TPSA) is 48.0 Å². The Hall–Kier alpha value is -1.59. The molecule has 0 aromatic heterocycles. The molecule has 5 heteroatoms. The minimum absolute atomic E-state index is 0.0583. The molecular weight excluding hydrogens is 318 g/mol. The minimum Gasteiger partial charge on any atom is -0.483 e. The largest absolute Gasteiger partial charge is 0.483 e. The highest BCUT2D eigenvalue weighted by Crippen LogP contribution is 2.28. The van der Waals surface area contributed by atoms with E-state index in [1.165, 1.54) is 0 Å². The van der Waals surface area contributed by atoms with Crippen molar-refractivity contribution >= 4 is 5.91 Å². The van der Waals surface area contributed by atoms with Crippen LogP contribution < -0.4 is 4.74 Å². The fourth-order valence-corrected chi connectivity index (χ4v) is 3.54. The number of hydrogen-bond acceptors (Lipinski definition) is 4. The van der Waals surface area contributed by atoms with Gasteiger partial charge in [0, 0.05) is 19.0 Å². The van der Waals surface area contributed by atoms with Gasteiger partial charge in [-0.3, -0.25) is 4.79 Å². The first-order valence-corrected chi connectivity index (χ1v) is 9.29. The van der Waals surface area contributed by atoms with Crippen LogP contribution in [0.5, 0.6) is 5.75 Å².